The van der Waals surface area contributed by atoms with Gasteiger partial charge in [0.1, 0.15) is 0 Å². The Morgan fingerprint density at radius 1 is 1.42 bits per heavy atom. The molecule has 0 fully saturated rings. The Hall–Kier alpha value is -1.46. The summed E-state index contributed by atoms with van der Waals surface area (Å²) in [6.07, 6.45) is 0. The van der Waals surface area contributed by atoms with Gasteiger partial charge in [0.25, 0.3) is 5.69 Å². The van der Waals surface area contributed by atoms with E-state index in [1.54, 1.807) is 32.9 Å². The topological polar surface area (TPSA) is 66.6 Å². The zero-order valence-electron chi connectivity index (χ0n) is 12.0. The van der Waals surface area contributed by atoms with E-state index >= 15 is 0 Å². The van der Waals surface area contributed by atoms with Gasteiger partial charge in [-0.25, -0.2) is 0 Å². The van der Waals surface area contributed by atoms with Crippen molar-refractivity contribution in [3.8, 4) is 0 Å². The molecular weight excluding hydrogens is 244 g/mol. The molecule has 1 aromatic carbocycles. The van der Waals surface area contributed by atoms with Crippen LogP contribution in [0.5, 0.6) is 0 Å². The molecule has 0 saturated heterocycles. The fourth-order valence-electron chi connectivity index (χ4n) is 2.03. The Kier molecular flexibility index (Phi) is 5.03. The fourth-order valence-corrected chi connectivity index (χ4v) is 2.03. The highest BCUT2D eigenvalue weighted by Gasteiger charge is 2.18. The van der Waals surface area contributed by atoms with E-state index < -0.39 is 5.60 Å². The van der Waals surface area contributed by atoms with Crippen LogP contribution in [0.25, 0.3) is 0 Å². The van der Waals surface area contributed by atoms with Crippen molar-refractivity contribution in [2.45, 2.75) is 39.8 Å². The van der Waals surface area contributed by atoms with Crippen LogP contribution in [0.15, 0.2) is 18.2 Å². The van der Waals surface area contributed by atoms with E-state index in [1.807, 2.05) is 13.0 Å². The Labute approximate surface area is 114 Å². The lowest BCUT2D eigenvalue weighted by Gasteiger charge is -2.27. The number of hydrogen-bond donors (Lipinski definition) is 1. The minimum atomic E-state index is -0.771. The van der Waals surface area contributed by atoms with Gasteiger partial charge in [-0.15, -0.1) is 0 Å². The number of nitro groups is 1. The predicted octanol–water partition coefficient (Wildman–Crippen LogP) is 2.50. The molecule has 1 N–H and O–H groups in total. The minimum absolute atomic E-state index is 0.150. The number of aliphatic hydroxyl groups is 1. The van der Waals surface area contributed by atoms with Gasteiger partial charge >= 0.3 is 0 Å². The molecule has 0 amide bonds. The number of hydrogen-bond acceptors (Lipinski definition) is 4. The molecule has 1 aromatic rings. The number of rotatable bonds is 6. The molecule has 106 valence electrons. The predicted molar refractivity (Wildman–Crippen MR) is 75.1 cm³/mol. The molecule has 0 bridgehead atoms. The van der Waals surface area contributed by atoms with Crippen LogP contribution in [0.2, 0.25) is 0 Å². The number of nitrogens with zero attached hydrogens (tertiary/aromatic N) is 2. The fraction of sp³-hybridized carbons (Fsp3) is 0.571. The summed E-state index contributed by atoms with van der Waals surface area (Å²) in [4.78, 5) is 12.6. The lowest BCUT2D eigenvalue weighted by Crippen LogP contribution is -2.38. The van der Waals surface area contributed by atoms with Crippen molar-refractivity contribution in [2.75, 3.05) is 13.1 Å². The molecule has 0 aliphatic heterocycles. The van der Waals surface area contributed by atoms with E-state index in [0.717, 1.165) is 12.1 Å². The van der Waals surface area contributed by atoms with E-state index in [4.69, 9.17) is 0 Å². The lowest BCUT2D eigenvalue weighted by atomic mass is 10.1. The Morgan fingerprint density at radius 2 is 2.05 bits per heavy atom. The smallest absolute Gasteiger partial charge is 0.272 e. The first-order valence-electron chi connectivity index (χ1n) is 6.41. The van der Waals surface area contributed by atoms with E-state index in [0.29, 0.717) is 18.7 Å². The molecule has 0 spiro atoms. The van der Waals surface area contributed by atoms with Crippen LogP contribution in [-0.4, -0.2) is 33.6 Å². The SMILES string of the molecule is CCN(Cc1ccc(C)c([N+](=O)[O-])c1)CC(C)(C)O. The van der Waals surface area contributed by atoms with Crippen LogP contribution < -0.4 is 0 Å². The van der Waals surface area contributed by atoms with Crippen molar-refractivity contribution in [1.82, 2.24) is 4.90 Å². The van der Waals surface area contributed by atoms with Crippen LogP contribution in [0.4, 0.5) is 5.69 Å². The largest absolute Gasteiger partial charge is 0.389 e. The molecule has 0 heterocycles. The Bertz CT molecular complexity index is 452. The quantitative estimate of drug-likeness (QED) is 0.634. The molecule has 5 heteroatoms. The van der Waals surface area contributed by atoms with E-state index in [-0.39, 0.29) is 10.6 Å². The van der Waals surface area contributed by atoms with Crippen LogP contribution in [0.3, 0.4) is 0 Å². The van der Waals surface area contributed by atoms with Gasteiger partial charge in [0.05, 0.1) is 10.5 Å². The maximum atomic E-state index is 10.9. The van der Waals surface area contributed by atoms with Gasteiger partial charge in [-0.05, 0) is 32.9 Å². The summed E-state index contributed by atoms with van der Waals surface area (Å²) in [5.41, 5.74) is 0.937. The van der Waals surface area contributed by atoms with Crippen molar-refractivity contribution in [2.24, 2.45) is 0 Å². The Morgan fingerprint density at radius 3 is 2.53 bits per heavy atom. The highest BCUT2D eigenvalue weighted by atomic mass is 16.6. The van der Waals surface area contributed by atoms with Gasteiger partial charge in [-0.1, -0.05) is 19.1 Å². The number of aryl methyl sites for hydroxylation is 1. The lowest BCUT2D eigenvalue weighted by molar-refractivity contribution is -0.385. The summed E-state index contributed by atoms with van der Waals surface area (Å²) in [5.74, 6) is 0. The van der Waals surface area contributed by atoms with Crippen molar-refractivity contribution >= 4 is 5.69 Å². The van der Waals surface area contributed by atoms with Crippen molar-refractivity contribution in [3.05, 3.63) is 39.4 Å². The molecule has 0 unspecified atom stereocenters. The third-order valence-corrected chi connectivity index (χ3v) is 2.93. The summed E-state index contributed by atoms with van der Waals surface area (Å²) < 4.78 is 0. The normalized spacial score (nSPS) is 11.9. The molecule has 0 aliphatic rings. The highest BCUT2D eigenvalue weighted by Crippen LogP contribution is 2.20. The zero-order valence-corrected chi connectivity index (χ0v) is 12.0. The van der Waals surface area contributed by atoms with E-state index in [1.165, 1.54) is 0 Å². The molecule has 0 radical (unpaired) electrons. The molecular formula is C14H22N2O3. The third-order valence-electron chi connectivity index (χ3n) is 2.93. The van der Waals surface area contributed by atoms with Gasteiger partial charge in [0, 0.05) is 24.7 Å². The first-order valence-corrected chi connectivity index (χ1v) is 6.41. The molecule has 1 rings (SSSR count). The first-order chi connectivity index (χ1) is 8.73. The average molecular weight is 266 g/mol. The van der Waals surface area contributed by atoms with E-state index in [2.05, 4.69) is 4.90 Å². The van der Waals surface area contributed by atoms with Gasteiger partial charge in [0.2, 0.25) is 0 Å². The van der Waals surface area contributed by atoms with Crippen molar-refractivity contribution in [3.63, 3.8) is 0 Å². The second-order valence-corrected chi connectivity index (χ2v) is 5.49. The number of likely N-dealkylation sites (N-methyl/N-ethyl adjacent to an activating group) is 1. The van der Waals surface area contributed by atoms with Gasteiger partial charge in [0.15, 0.2) is 0 Å². The third kappa shape index (κ3) is 4.96. The zero-order chi connectivity index (χ0) is 14.6. The molecule has 0 aromatic heterocycles. The molecule has 19 heavy (non-hydrogen) atoms. The number of benzene rings is 1. The number of nitro benzene ring substituents is 1. The molecule has 0 atom stereocenters. The summed E-state index contributed by atoms with van der Waals surface area (Å²) >= 11 is 0. The molecule has 0 aliphatic carbocycles. The van der Waals surface area contributed by atoms with Crippen LogP contribution in [0.1, 0.15) is 31.9 Å². The summed E-state index contributed by atoms with van der Waals surface area (Å²) in [7, 11) is 0. The summed E-state index contributed by atoms with van der Waals surface area (Å²) in [6.45, 7) is 9.17. The minimum Gasteiger partial charge on any atom is -0.389 e. The second kappa shape index (κ2) is 6.12. The van der Waals surface area contributed by atoms with E-state index in [9.17, 15) is 15.2 Å². The van der Waals surface area contributed by atoms with Gasteiger partial charge < -0.3 is 5.11 Å². The first kappa shape index (κ1) is 15.6. The maximum Gasteiger partial charge on any atom is 0.272 e. The van der Waals surface area contributed by atoms with Crippen molar-refractivity contribution in [1.29, 1.82) is 0 Å². The van der Waals surface area contributed by atoms with Gasteiger partial charge in [-0.3, -0.25) is 15.0 Å². The Balaban J connectivity index is 2.86. The molecule has 5 nitrogen and oxygen atoms in total. The van der Waals surface area contributed by atoms with Gasteiger partial charge in [-0.2, -0.15) is 0 Å². The highest BCUT2D eigenvalue weighted by molar-refractivity contribution is 5.42. The van der Waals surface area contributed by atoms with Crippen LogP contribution >= 0.6 is 0 Å². The summed E-state index contributed by atoms with van der Waals surface area (Å²) in [6, 6.07) is 5.28. The maximum absolute atomic E-state index is 10.9. The second-order valence-electron chi connectivity index (χ2n) is 5.49. The van der Waals surface area contributed by atoms with Crippen molar-refractivity contribution < 1.29 is 10.0 Å². The van der Waals surface area contributed by atoms with Crippen LogP contribution in [0, 0.1) is 17.0 Å². The summed E-state index contributed by atoms with van der Waals surface area (Å²) in [5, 5.41) is 20.7. The monoisotopic (exact) mass is 266 g/mol. The van der Waals surface area contributed by atoms with Crippen LogP contribution in [-0.2, 0) is 6.54 Å². The standard InChI is InChI=1S/C14H22N2O3/c1-5-15(10-14(3,4)17)9-12-7-6-11(2)13(8-12)16(18)19/h6-8,17H,5,9-10H2,1-4H3. The molecule has 0 saturated carbocycles. The average Bonchev–Trinajstić information content (AvgIpc) is 2.28.